The lowest BCUT2D eigenvalue weighted by molar-refractivity contribution is 0.454. The molecule has 0 heterocycles. The average molecular weight is 276 g/mol. The highest BCUT2D eigenvalue weighted by atomic mass is 35.5. The zero-order valence-corrected chi connectivity index (χ0v) is 11.2. The van der Waals surface area contributed by atoms with Gasteiger partial charge in [-0.1, -0.05) is 35.9 Å². The summed E-state index contributed by atoms with van der Waals surface area (Å²) in [5, 5.41) is 0.570. The number of hydrogen-bond donors (Lipinski definition) is 1. The molecule has 3 heteroatoms. The van der Waals surface area contributed by atoms with Crippen LogP contribution in [-0.2, 0) is 12.8 Å². The molecule has 2 aromatic carbocycles. The first-order valence-corrected chi connectivity index (χ1v) is 6.80. The van der Waals surface area contributed by atoms with Crippen LogP contribution in [0.25, 0.3) is 0 Å². The topological polar surface area (TPSA) is 26.0 Å². The number of fused-ring (bicyclic) bond motifs is 1. The second-order valence-electron chi connectivity index (χ2n) is 5.13. The Morgan fingerprint density at radius 3 is 2.79 bits per heavy atom. The standard InChI is InChI=1S/C16H15ClFN/c17-13-5-6-15(18)11(9-13)8-12-7-10-3-1-2-4-14(10)16(12)19/h1-6,9,12,16H,7-8,19H2. The zero-order valence-electron chi connectivity index (χ0n) is 10.4. The van der Waals surface area contributed by atoms with Gasteiger partial charge in [0, 0.05) is 11.1 Å². The molecule has 1 nitrogen and oxygen atoms in total. The molecule has 0 fully saturated rings. The average Bonchev–Trinajstić information content (AvgIpc) is 2.72. The van der Waals surface area contributed by atoms with Gasteiger partial charge in [-0.05, 0) is 53.6 Å². The Morgan fingerprint density at radius 2 is 2.00 bits per heavy atom. The molecule has 1 aliphatic carbocycles. The van der Waals surface area contributed by atoms with E-state index in [-0.39, 0.29) is 17.8 Å². The first kappa shape index (κ1) is 12.6. The van der Waals surface area contributed by atoms with Gasteiger partial charge in [0.05, 0.1) is 0 Å². The maximum Gasteiger partial charge on any atom is 0.126 e. The molecule has 0 aromatic heterocycles. The Hall–Kier alpha value is -1.38. The monoisotopic (exact) mass is 275 g/mol. The normalized spacial score (nSPS) is 21.4. The summed E-state index contributed by atoms with van der Waals surface area (Å²) in [5.41, 5.74) is 9.39. The quantitative estimate of drug-likeness (QED) is 0.884. The van der Waals surface area contributed by atoms with E-state index >= 15 is 0 Å². The Morgan fingerprint density at radius 1 is 1.21 bits per heavy atom. The van der Waals surface area contributed by atoms with Gasteiger partial charge < -0.3 is 5.73 Å². The van der Waals surface area contributed by atoms with Crippen LogP contribution in [-0.4, -0.2) is 0 Å². The fraction of sp³-hybridized carbons (Fsp3) is 0.250. The number of benzene rings is 2. The molecule has 0 saturated carbocycles. The van der Waals surface area contributed by atoms with Gasteiger partial charge in [0.15, 0.2) is 0 Å². The van der Waals surface area contributed by atoms with Crippen molar-refractivity contribution >= 4 is 11.6 Å². The maximum absolute atomic E-state index is 13.8. The van der Waals surface area contributed by atoms with Crippen molar-refractivity contribution in [2.75, 3.05) is 0 Å². The molecule has 0 bridgehead atoms. The molecule has 0 spiro atoms. The van der Waals surface area contributed by atoms with E-state index in [9.17, 15) is 4.39 Å². The van der Waals surface area contributed by atoms with E-state index in [1.165, 1.54) is 17.2 Å². The lowest BCUT2D eigenvalue weighted by Crippen LogP contribution is -2.19. The van der Waals surface area contributed by atoms with Gasteiger partial charge in [-0.15, -0.1) is 0 Å². The van der Waals surface area contributed by atoms with Crippen molar-refractivity contribution in [3.05, 3.63) is 70.0 Å². The first-order chi connectivity index (χ1) is 9.15. The number of halogens is 2. The highest BCUT2D eigenvalue weighted by Crippen LogP contribution is 2.36. The summed E-state index contributed by atoms with van der Waals surface area (Å²) in [5.74, 6) is 0.0397. The van der Waals surface area contributed by atoms with Gasteiger partial charge in [-0.2, -0.15) is 0 Å². The van der Waals surface area contributed by atoms with E-state index in [4.69, 9.17) is 17.3 Å². The van der Waals surface area contributed by atoms with Crippen molar-refractivity contribution in [2.24, 2.45) is 11.7 Å². The van der Waals surface area contributed by atoms with Crippen molar-refractivity contribution in [1.29, 1.82) is 0 Å². The van der Waals surface area contributed by atoms with Crippen LogP contribution in [0.3, 0.4) is 0 Å². The summed E-state index contributed by atoms with van der Waals surface area (Å²) >= 11 is 5.93. The molecule has 2 aromatic rings. The molecule has 3 rings (SSSR count). The number of hydrogen-bond acceptors (Lipinski definition) is 1. The molecule has 0 radical (unpaired) electrons. The summed E-state index contributed by atoms with van der Waals surface area (Å²) in [6.45, 7) is 0. The molecular weight excluding hydrogens is 261 g/mol. The summed E-state index contributed by atoms with van der Waals surface area (Å²) < 4.78 is 13.8. The van der Waals surface area contributed by atoms with Crippen molar-refractivity contribution in [2.45, 2.75) is 18.9 Å². The Bertz CT molecular complexity index is 611. The molecule has 2 N–H and O–H groups in total. The summed E-state index contributed by atoms with van der Waals surface area (Å²) in [6.07, 6.45) is 1.53. The number of nitrogens with two attached hydrogens (primary N) is 1. The minimum atomic E-state index is -0.201. The summed E-state index contributed by atoms with van der Waals surface area (Å²) in [6, 6.07) is 12.9. The molecule has 0 aliphatic heterocycles. The third-order valence-corrected chi connectivity index (χ3v) is 4.13. The molecule has 0 saturated heterocycles. The summed E-state index contributed by atoms with van der Waals surface area (Å²) in [4.78, 5) is 0. The van der Waals surface area contributed by atoms with Crippen LogP contribution in [0.5, 0.6) is 0 Å². The fourth-order valence-electron chi connectivity index (χ4n) is 2.89. The van der Waals surface area contributed by atoms with E-state index < -0.39 is 0 Å². The van der Waals surface area contributed by atoms with Gasteiger partial charge in [-0.25, -0.2) is 4.39 Å². The molecule has 2 unspecified atom stereocenters. The largest absolute Gasteiger partial charge is 0.324 e. The minimum absolute atomic E-state index is 0.0189. The van der Waals surface area contributed by atoms with Crippen LogP contribution in [0.4, 0.5) is 4.39 Å². The third kappa shape index (κ3) is 2.38. The van der Waals surface area contributed by atoms with Gasteiger partial charge in [-0.3, -0.25) is 0 Å². The van der Waals surface area contributed by atoms with Crippen LogP contribution < -0.4 is 5.73 Å². The molecule has 1 aliphatic rings. The fourth-order valence-corrected chi connectivity index (χ4v) is 3.08. The van der Waals surface area contributed by atoms with Crippen LogP contribution in [0.15, 0.2) is 42.5 Å². The first-order valence-electron chi connectivity index (χ1n) is 6.42. The molecule has 19 heavy (non-hydrogen) atoms. The molecular formula is C16H15ClFN. The lowest BCUT2D eigenvalue weighted by Gasteiger charge is -2.16. The van der Waals surface area contributed by atoms with Gasteiger partial charge in [0.25, 0.3) is 0 Å². The Labute approximate surface area is 117 Å². The van der Waals surface area contributed by atoms with Crippen LogP contribution >= 0.6 is 11.6 Å². The van der Waals surface area contributed by atoms with Crippen molar-refractivity contribution in [3.63, 3.8) is 0 Å². The zero-order chi connectivity index (χ0) is 13.4. The predicted octanol–water partition coefficient (Wildman–Crippen LogP) is 3.89. The van der Waals surface area contributed by atoms with Crippen LogP contribution in [0.2, 0.25) is 5.02 Å². The smallest absolute Gasteiger partial charge is 0.126 e. The van der Waals surface area contributed by atoms with Gasteiger partial charge in [0.2, 0.25) is 0 Å². The van der Waals surface area contributed by atoms with Crippen molar-refractivity contribution < 1.29 is 4.39 Å². The number of rotatable bonds is 2. The van der Waals surface area contributed by atoms with Crippen molar-refractivity contribution in [1.82, 2.24) is 0 Å². The highest BCUT2D eigenvalue weighted by molar-refractivity contribution is 6.30. The van der Waals surface area contributed by atoms with E-state index in [1.807, 2.05) is 12.1 Å². The Kier molecular flexibility index (Phi) is 3.29. The molecule has 98 valence electrons. The second-order valence-corrected chi connectivity index (χ2v) is 5.57. The van der Waals surface area contributed by atoms with E-state index in [2.05, 4.69) is 12.1 Å². The minimum Gasteiger partial charge on any atom is -0.324 e. The van der Waals surface area contributed by atoms with E-state index in [0.29, 0.717) is 17.0 Å². The lowest BCUT2D eigenvalue weighted by atomic mass is 9.93. The molecule has 2 atom stereocenters. The van der Waals surface area contributed by atoms with Crippen LogP contribution in [0.1, 0.15) is 22.7 Å². The van der Waals surface area contributed by atoms with E-state index in [0.717, 1.165) is 6.42 Å². The van der Waals surface area contributed by atoms with Crippen molar-refractivity contribution in [3.8, 4) is 0 Å². The van der Waals surface area contributed by atoms with Crippen LogP contribution in [0, 0.1) is 11.7 Å². The highest BCUT2D eigenvalue weighted by Gasteiger charge is 2.29. The van der Waals surface area contributed by atoms with Gasteiger partial charge in [0.1, 0.15) is 5.82 Å². The second kappa shape index (κ2) is 4.95. The van der Waals surface area contributed by atoms with E-state index in [1.54, 1.807) is 12.1 Å². The Balaban J connectivity index is 1.85. The SMILES string of the molecule is NC1c2ccccc2CC1Cc1cc(Cl)ccc1F. The predicted molar refractivity (Wildman–Crippen MR) is 75.7 cm³/mol. The maximum atomic E-state index is 13.8. The summed E-state index contributed by atoms with van der Waals surface area (Å²) in [7, 11) is 0. The molecule has 0 amide bonds. The third-order valence-electron chi connectivity index (χ3n) is 3.89. The van der Waals surface area contributed by atoms with Gasteiger partial charge >= 0.3 is 0 Å².